The Kier molecular flexibility index (Phi) is 5.56. The number of hydrogen-bond donors (Lipinski definition) is 2. The van der Waals surface area contributed by atoms with Crippen LogP contribution in [0.3, 0.4) is 0 Å². The lowest BCUT2D eigenvalue weighted by atomic mass is 9.93. The Morgan fingerprint density at radius 3 is 2.50 bits per heavy atom. The summed E-state index contributed by atoms with van der Waals surface area (Å²) in [5.74, 6) is 0.505. The van der Waals surface area contributed by atoms with Crippen LogP contribution in [0.2, 0.25) is 0 Å². The van der Waals surface area contributed by atoms with Gasteiger partial charge in [-0.1, -0.05) is 30.3 Å². The largest absolute Gasteiger partial charge is 0.303 e. The van der Waals surface area contributed by atoms with Crippen molar-refractivity contribution in [1.29, 1.82) is 0 Å². The third-order valence-corrected chi connectivity index (χ3v) is 6.59. The Hall–Kier alpha value is -0.990. The number of sulfonamides is 1. The highest BCUT2D eigenvalue weighted by molar-refractivity contribution is 7.88. The molecule has 6 nitrogen and oxygen atoms in total. The lowest BCUT2D eigenvalue weighted by molar-refractivity contribution is 0.147. The third kappa shape index (κ3) is 4.15. The number of hydrogen-bond acceptors (Lipinski definition) is 5. The molecule has 0 amide bonds. The quantitative estimate of drug-likeness (QED) is 0.821. The van der Waals surface area contributed by atoms with E-state index in [2.05, 4.69) is 47.1 Å². The molecule has 134 valence electrons. The van der Waals surface area contributed by atoms with E-state index in [1.807, 2.05) is 6.07 Å². The number of nitrogens with zero attached hydrogens (tertiary/aromatic N) is 2. The Morgan fingerprint density at radius 2 is 1.88 bits per heavy atom. The van der Waals surface area contributed by atoms with Crippen LogP contribution in [-0.2, 0) is 10.0 Å². The fourth-order valence-corrected chi connectivity index (χ4v) is 4.73. The van der Waals surface area contributed by atoms with Crippen molar-refractivity contribution < 1.29 is 8.42 Å². The molecule has 24 heavy (non-hydrogen) atoms. The standard InChI is InChI=1S/C17H28N4O2S/c1-20(16-8-10-21(11-9-16)24(2,22)23)13-15-12-18-19-17(15)14-6-4-3-5-7-14/h3-7,15-19H,8-13H2,1-2H3. The summed E-state index contributed by atoms with van der Waals surface area (Å²) in [6, 6.07) is 11.3. The Balaban J connectivity index is 1.56. The average molecular weight is 353 g/mol. The molecule has 0 saturated carbocycles. The third-order valence-electron chi connectivity index (χ3n) is 5.29. The van der Waals surface area contributed by atoms with Gasteiger partial charge in [0.05, 0.1) is 12.3 Å². The number of rotatable bonds is 5. The van der Waals surface area contributed by atoms with Crippen LogP contribution in [0.15, 0.2) is 30.3 Å². The Morgan fingerprint density at radius 1 is 1.21 bits per heavy atom. The van der Waals surface area contributed by atoms with E-state index in [4.69, 9.17) is 0 Å². The summed E-state index contributed by atoms with van der Waals surface area (Å²) >= 11 is 0. The molecule has 0 aromatic heterocycles. The molecule has 0 aliphatic carbocycles. The normalized spacial score (nSPS) is 27.0. The van der Waals surface area contributed by atoms with Crippen molar-refractivity contribution >= 4 is 10.0 Å². The van der Waals surface area contributed by atoms with Gasteiger partial charge in [-0.2, -0.15) is 0 Å². The van der Waals surface area contributed by atoms with Crippen molar-refractivity contribution in [3.8, 4) is 0 Å². The van der Waals surface area contributed by atoms with Gasteiger partial charge in [0.1, 0.15) is 0 Å². The number of benzene rings is 1. The lowest BCUT2D eigenvalue weighted by Gasteiger charge is -2.37. The second kappa shape index (κ2) is 7.49. The first-order valence-corrected chi connectivity index (χ1v) is 10.5. The SMILES string of the molecule is CN(CC1CNNC1c1ccccc1)C1CCN(S(C)(=O)=O)CC1. The second-order valence-corrected chi connectivity index (χ2v) is 8.99. The first-order valence-electron chi connectivity index (χ1n) is 8.64. The van der Waals surface area contributed by atoms with Crippen LogP contribution in [0.5, 0.6) is 0 Å². The number of piperidine rings is 1. The maximum absolute atomic E-state index is 11.6. The highest BCUT2D eigenvalue weighted by Crippen LogP contribution is 2.27. The Labute approximate surface area is 145 Å². The molecule has 2 fully saturated rings. The van der Waals surface area contributed by atoms with Crippen LogP contribution in [0.4, 0.5) is 0 Å². The smallest absolute Gasteiger partial charge is 0.211 e. The van der Waals surface area contributed by atoms with Gasteiger partial charge in [0, 0.05) is 38.1 Å². The second-order valence-electron chi connectivity index (χ2n) is 7.01. The van der Waals surface area contributed by atoms with Gasteiger partial charge in [0.2, 0.25) is 10.0 Å². The molecule has 2 heterocycles. The number of hydrazine groups is 1. The molecule has 0 radical (unpaired) electrons. The van der Waals surface area contributed by atoms with E-state index in [9.17, 15) is 8.42 Å². The van der Waals surface area contributed by atoms with Gasteiger partial charge in [0.15, 0.2) is 0 Å². The summed E-state index contributed by atoms with van der Waals surface area (Å²) in [6.45, 7) is 3.23. The Bertz CT molecular complexity index is 629. The van der Waals surface area contributed by atoms with E-state index in [1.165, 1.54) is 11.8 Å². The predicted octanol–water partition coefficient (Wildman–Crippen LogP) is 0.808. The molecule has 2 aliphatic rings. The first kappa shape index (κ1) is 17.8. The molecule has 3 rings (SSSR count). The van der Waals surface area contributed by atoms with E-state index in [0.717, 1.165) is 25.9 Å². The van der Waals surface area contributed by atoms with E-state index in [-0.39, 0.29) is 0 Å². The van der Waals surface area contributed by atoms with E-state index in [0.29, 0.717) is 31.1 Å². The summed E-state index contributed by atoms with van der Waals surface area (Å²) in [5.41, 5.74) is 8.00. The van der Waals surface area contributed by atoms with E-state index >= 15 is 0 Å². The molecule has 0 spiro atoms. The van der Waals surface area contributed by atoms with Crippen molar-refractivity contribution in [2.45, 2.75) is 24.9 Å². The van der Waals surface area contributed by atoms with Crippen LogP contribution in [0.25, 0.3) is 0 Å². The molecule has 7 heteroatoms. The lowest BCUT2D eigenvalue weighted by Crippen LogP contribution is -2.46. The van der Waals surface area contributed by atoms with Gasteiger partial charge in [0.25, 0.3) is 0 Å². The van der Waals surface area contributed by atoms with Crippen molar-refractivity contribution in [3.63, 3.8) is 0 Å². The maximum atomic E-state index is 11.6. The van der Waals surface area contributed by atoms with Crippen LogP contribution < -0.4 is 10.9 Å². The first-order chi connectivity index (χ1) is 11.4. The molecule has 2 unspecified atom stereocenters. The molecule has 2 aliphatic heterocycles. The molecule has 2 N–H and O–H groups in total. The van der Waals surface area contributed by atoms with Gasteiger partial charge < -0.3 is 4.90 Å². The van der Waals surface area contributed by atoms with Crippen LogP contribution in [0, 0.1) is 5.92 Å². The van der Waals surface area contributed by atoms with Crippen LogP contribution in [-0.4, -0.2) is 63.1 Å². The van der Waals surface area contributed by atoms with Gasteiger partial charge in [-0.25, -0.2) is 18.1 Å². The topological polar surface area (TPSA) is 64.7 Å². The molecular weight excluding hydrogens is 324 g/mol. The monoisotopic (exact) mass is 352 g/mol. The highest BCUT2D eigenvalue weighted by atomic mass is 32.2. The van der Waals surface area contributed by atoms with Crippen molar-refractivity contribution in [2.75, 3.05) is 39.5 Å². The molecule has 2 atom stereocenters. The summed E-state index contributed by atoms with van der Waals surface area (Å²) in [5, 5.41) is 0. The molecule has 0 bridgehead atoms. The summed E-state index contributed by atoms with van der Waals surface area (Å²) in [6.07, 6.45) is 3.12. The van der Waals surface area contributed by atoms with E-state index in [1.54, 1.807) is 4.31 Å². The molecule has 1 aromatic carbocycles. The van der Waals surface area contributed by atoms with E-state index < -0.39 is 10.0 Å². The van der Waals surface area contributed by atoms with Crippen molar-refractivity contribution in [1.82, 2.24) is 20.1 Å². The zero-order valence-electron chi connectivity index (χ0n) is 14.5. The average Bonchev–Trinajstić information content (AvgIpc) is 3.03. The predicted molar refractivity (Wildman–Crippen MR) is 95.9 cm³/mol. The zero-order chi connectivity index (χ0) is 17.2. The zero-order valence-corrected chi connectivity index (χ0v) is 15.3. The van der Waals surface area contributed by atoms with Crippen LogP contribution >= 0.6 is 0 Å². The summed E-state index contributed by atoms with van der Waals surface area (Å²) < 4.78 is 24.9. The molecular formula is C17H28N4O2S. The fraction of sp³-hybridized carbons (Fsp3) is 0.647. The molecule has 2 saturated heterocycles. The minimum absolute atomic E-state index is 0.324. The summed E-state index contributed by atoms with van der Waals surface area (Å²) in [4.78, 5) is 2.41. The van der Waals surface area contributed by atoms with Crippen molar-refractivity contribution in [3.05, 3.63) is 35.9 Å². The van der Waals surface area contributed by atoms with Crippen molar-refractivity contribution in [2.24, 2.45) is 5.92 Å². The van der Waals surface area contributed by atoms with Gasteiger partial charge in [-0.05, 0) is 25.5 Å². The highest BCUT2D eigenvalue weighted by Gasteiger charge is 2.32. The number of nitrogens with one attached hydrogen (secondary N) is 2. The van der Waals surface area contributed by atoms with Crippen LogP contribution in [0.1, 0.15) is 24.4 Å². The van der Waals surface area contributed by atoms with Gasteiger partial charge in [-0.3, -0.25) is 5.43 Å². The minimum Gasteiger partial charge on any atom is -0.303 e. The maximum Gasteiger partial charge on any atom is 0.211 e. The summed E-state index contributed by atoms with van der Waals surface area (Å²) in [7, 11) is -0.880. The van der Waals surface area contributed by atoms with Gasteiger partial charge in [-0.15, -0.1) is 0 Å². The van der Waals surface area contributed by atoms with Gasteiger partial charge >= 0.3 is 0 Å². The molecule has 1 aromatic rings. The minimum atomic E-state index is -3.05. The fourth-order valence-electron chi connectivity index (χ4n) is 3.86.